The molecular formula is C16H31N. The van der Waals surface area contributed by atoms with Crippen LogP contribution < -0.4 is 0 Å². The second-order valence-corrected chi connectivity index (χ2v) is 2.64. The van der Waals surface area contributed by atoms with E-state index in [1.165, 1.54) is 5.70 Å². The van der Waals surface area contributed by atoms with E-state index >= 15 is 0 Å². The van der Waals surface area contributed by atoms with Crippen LogP contribution in [0.15, 0.2) is 49.2 Å². The first kappa shape index (κ1) is 21.1. The highest BCUT2D eigenvalue weighted by atomic mass is 15.1. The minimum absolute atomic E-state index is 0.887. The van der Waals surface area contributed by atoms with Crippen LogP contribution in [0.4, 0.5) is 0 Å². The van der Waals surface area contributed by atoms with Gasteiger partial charge in [0.15, 0.2) is 0 Å². The number of hydrogen-bond acceptors (Lipinski definition) is 1. The van der Waals surface area contributed by atoms with Gasteiger partial charge in [-0.05, 0) is 19.9 Å². The van der Waals surface area contributed by atoms with Gasteiger partial charge >= 0.3 is 0 Å². The second-order valence-electron chi connectivity index (χ2n) is 2.64. The van der Waals surface area contributed by atoms with E-state index in [0.29, 0.717) is 0 Å². The van der Waals surface area contributed by atoms with Gasteiger partial charge in [0, 0.05) is 18.8 Å². The summed E-state index contributed by atoms with van der Waals surface area (Å²) in [7, 11) is 0. The lowest BCUT2D eigenvalue weighted by molar-refractivity contribution is 0.413. The zero-order valence-electron chi connectivity index (χ0n) is 12.7. The van der Waals surface area contributed by atoms with Crippen LogP contribution in [0, 0.1) is 0 Å². The topological polar surface area (TPSA) is 3.24 Å². The fraction of sp³-hybridized carbons (Fsp3) is 0.500. The van der Waals surface area contributed by atoms with Crippen LogP contribution in [0.1, 0.15) is 41.5 Å². The molecular weight excluding hydrogens is 206 g/mol. The van der Waals surface area contributed by atoms with E-state index in [2.05, 4.69) is 37.1 Å². The van der Waals surface area contributed by atoms with E-state index < -0.39 is 0 Å². The molecule has 1 heteroatoms. The van der Waals surface area contributed by atoms with Crippen LogP contribution in [0.25, 0.3) is 0 Å². The number of likely N-dealkylation sites (N-methyl/N-ethyl adjacent to an activating group) is 1. The maximum atomic E-state index is 3.73. The molecule has 0 aliphatic heterocycles. The molecule has 0 aromatic rings. The average Bonchev–Trinajstić information content (AvgIpc) is 2.42. The van der Waals surface area contributed by atoms with Crippen LogP contribution >= 0.6 is 0 Å². The Bertz CT molecular complexity index is 212. The van der Waals surface area contributed by atoms with E-state index in [0.717, 1.165) is 13.1 Å². The third-order valence-corrected chi connectivity index (χ3v) is 1.80. The van der Waals surface area contributed by atoms with Crippen LogP contribution in [0.2, 0.25) is 0 Å². The molecule has 0 rings (SSSR count). The Morgan fingerprint density at radius 1 is 1.12 bits per heavy atom. The Labute approximate surface area is 109 Å². The molecule has 0 aliphatic rings. The number of rotatable bonds is 6. The Hall–Kier alpha value is -1.24. The van der Waals surface area contributed by atoms with Crippen molar-refractivity contribution in [2.75, 3.05) is 13.1 Å². The molecule has 0 N–H and O–H groups in total. The molecule has 0 atom stereocenters. The monoisotopic (exact) mass is 237 g/mol. The van der Waals surface area contributed by atoms with E-state index in [4.69, 9.17) is 0 Å². The van der Waals surface area contributed by atoms with Crippen molar-refractivity contribution in [1.82, 2.24) is 4.90 Å². The minimum Gasteiger partial charge on any atom is -0.368 e. The zero-order chi connectivity index (χ0) is 14.1. The van der Waals surface area contributed by atoms with Gasteiger partial charge in [0.25, 0.3) is 0 Å². The van der Waals surface area contributed by atoms with Crippen molar-refractivity contribution in [2.45, 2.75) is 41.5 Å². The molecule has 0 saturated heterocycles. The number of hydrogen-bond donors (Lipinski definition) is 0. The van der Waals surface area contributed by atoms with Crippen molar-refractivity contribution in [3.05, 3.63) is 49.2 Å². The summed E-state index contributed by atoms with van der Waals surface area (Å²) in [6.45, 7) is 21.4. The van der Waals surface area contributed by atoms with Crippen LogP contribution in [-0.4, -0.2) is 18.0 Å². The molecule has 17 heavy (non-hydrogen) atoms. The van der Waals surface area contributed by atoms with Gasteiger partial charge in [-0.3, -0.25) is 0 Å². The fourth-order valence-corrected chi connectivity index (χ4v) is 1.12. The summed E-state index contributed by atoms with van der Waals surface area (Å²) in [5.74, 6) is 0. The van der Waals surface area contributed by atoms with Crippen molar-refractivity contribution < 1.29 is 0 Å². The van der Waals surface area contributed by atoms with Crippen molar-refractivity contribution >= 4 is 0 Å². The highest BCUT2D eigenvalue weighted by Crippen LogP contribution is 2.05. The Balaban J connectivity index is -0.000000439. The first-order valence-electron chi connectivity index (χ1n) is 6.61. The van der Waals surface area contributed by atoms with Crippen LogP contribution in [0.5, 0.6) is 0 Å². The quantitative estimate of drug-likeness (QED) is 0.454. The predicted molar refractivity (Wildman–Crippen MR) is 83.2 cm³/mol. The van der Waals surface area contributed by atoms with Gasteiger partial charge in [0.05, 0.1) is 0 Å². The van der Waals surface area contributed by atoms with Crippen molar-refractivity contribution in [2.24, 2.45) is 0 Å². The smallest absolute Gasteiger partial charge is 0.0356 e. The zero-order valence-corrected chi connectivity index (χ0v) is 12.7. The summed E-state index contributed by atoms with van der Waals surface area (Å²) in [5, 5.41) is 0. The maximum absolute atomic E-state index is 3.73. The van der Waals surface area contributed by atoms with Crippen molar-refractivity contribution in [1.29, 1.82) is 0 Å². The van der Waals surface area contributed by atoms with E-state index in [9.17, 15) is 0 Å². The van der Waals surface area contributed by atoms with Crippen LogP contribution in [0.3, 0.4) is 0 Å². The fourth-order valence-electron chi connectivity index (χ4n) is 1.12. The highest BCUT2D eigenvalue weighted by Gasteiger charge is 1.99. The van der Waals surface area contributed by atoms with Gasteiger partial charge in [-0.1, -0.05) is 58.6 Å². The maximum Gasteiger partial charge on any atom is 0.0356 e. The molecule has 0 heterocycles. The Morgan fingerprint density at radius 3 is 1.94 bits per heavy atom. The van der Waals surface area contributed by atoms with E-state index in [1.807, 2.05) is 46.8 Å². The van der Waals surface area contributed by atoms with Crippen LogP contribution in [-0.2, 0) is 0 Å². The normalized spacial score (nSPS) is 9.65. The molecule has 0 aromatic heterocycles. The molecule has 0 amide bonds. The highest BCUT2D eigenvalue weighted by molar-refractivity contribution is 5.20. The average molecular weight is 237 g/mol. The lowest BCUT2D eigenvalue weighted by atomic mass is 10.3. The minimum atomic E-state index is 0.887. The molecule has 0 radical (unpaired) electrons. The van der Waals surface area contributed by atoms with Crippen molar-refractivity contribution in [3.63, 3.8) is 0 Å². The van der Waals surface area contributed by atoms with Gasteiger partial charge in [-0.15, -0.1) is 6.58 Å². The Kier molecular flexibility index (Phi) is 25.1. The summed E-state index contributed by atoms with van der Waals surface area (Å²) in [4.78, 5) is 2.24. The van der Waals surface area contributed by atoms with Crippen molar-refractivity contribution in [3.8, 4) is 0 Å². The van der Waals surface area contributed by atoms with Gasteiger partial charge in [-0.2, -0.15) is 0 Å². The first-order chi connectivity index (χ1) is 8.29. The number of allylic oxidation sites excluding steroid dienone is 4. The number of nitrogens with zero attached hydrogens (tertiary/aromatic N) is 1. The van der Waals surface area contributed by atoms with Gasteiger partial charge in [0.1, 0.15) is 0 Å². The summed E-state index contributed by atoms with van der Waals surface area (Å²) in [5.41, 5.74) is 1.21. The third kappa shape index (κ3) is 12.7. The first-order valence-corrected chi connectivity index (χ1v) is 6.61. The van der Waals surface area contributed by atoms with E-state index in [-0.39, 0.29) is 0 Å². The lowest BCUT2D eigenvalue weighted by Crippen LogP contribution is -2.21. The van der Waals surface area contributed by atoms with Gasteiger partial charge < -0.3 is 4.90 Å². The molecule has 0 bridgehead atoms. The molecule has 0 spiro atoms. The predicted octanol–water partition coefficient (Wildman–Crippen LogP) is 5.19. The molecule has 0 fully saturated rings. The lowest BCUT2D eigenvalue weighted by Gasteiger charge is -2.22. The summed E-state index contributed by atoms with van der Waals surface area (Å²) in [6.07, 6.45) is 9.79. The van der Waals surface area contributed by atoms with Gasteiger partial charge in [-0.25, -0.2) is 0 Å². The molecule has 0 aliphatic carbocycles. The second kappa shape index (κ2) is 20.2. The third-order valence-electron chi connectivity index (χ3n) is 1.80. The molecule has 1 nitrogen and oxygen atoms in total. The molecule has 0 aromatic carbocycles. The van der Waals surface area contributed by atoms with E-state index in [1.54, 1.807) is 6.08 Å². The largest absolute Gasteiger partial charge is 0.368 e. The standard InChI is InChI=1S/C12H19N.2C2H6/c1-5-9-10-12(7-3)13(8-4)11-6-2;2*1-2/h5-7,9-10H,1-2,8,11H2,3-4H3;2*1-2H3/b10-9-,12-7+;;. The molecule has 100 valence electrons. The SMILES string of the molecule is C=C/C=C\C(=C/C)N(CC)CC=C.CC.CC. The molecule has 0 unspecified atom stereocenters. The van der Waals surface area contributed by atoms with Gasteiger partial charge in [0.2, 0.25) is 0 Å². The Morgan fingerprint density at radius 2 is 1.65 bits per heavy atom. The molecule has 0 saturated carbocycles. The summed E-state index contributed by atoms with van der Waals surface area (Å²) in [6, 6.07) is 0. The summed E-state index contributed by atoms with van der Waals surface area (Å²) < 4.78 is 0. The summed E-state index contributed by atoms with van der Waals surface area (Å²) >= 11 is 0.